The monoisotopic (exact) mass is 434 g/mol. The lowest BCUT2D eigenvalue weighted by Crippen LogP contribution is -3.00. The zero-order valence-electron chi connectivity index (χ0n) is 16.4. The number of benzene rings is 4. The highest BCUT2D eigenvalue weighted by Gasteiger charge is 2.45. The average Bonchev–Trinajstić information content (AvgIpc) is 2.79. The first-order chi connectivity index (χ1) is 13.8. The lowest BCUT2D eigenvalue weighted by atomic mass is 10.2. The van der Waals surface area contributed by atoms with Crippen LogP contribution in [-0.4, -0.2) is 6.26 Å². The van der Waals surface area contributed by atoms with E-state index in [2.05, 4.69) is 122 Å². The van der Waals surface area contributed by atoms with E-state index in [0.29, 0.717) is 0 Å². The van der Waals surface area contributed by atoms with E-state index in [1.165, 1.54) is 26.4 Å². The Balaban J connectivity index is 0.00000240. The third-order valence-corrected chi connectivity index (χ3v) is 10.4. The van der Waals surface area contributed by atoms with Crippen LogP contribution < -0.4 is 28.3 Å². The molecule has 0 spiro atoms. The van der Waals surface area contributed by atoms with Gasteiger partial charge in [0.25, 0.3) is 0 Å². The van der Waals surface area contributed by atoms with E-state index < -0.39 is 7.26 Å². The highest BCUT2D eigenvalue weighted by atomic mass is 35.5. The molecule has 4 aromatic rings. The summed E-state index contributed by atoms with van der Waals surface area (Å²) in [6.07, 6.45) is 3.20. The summed E-state index contributed by atoms with van der Waals surface area (Å²) in [4.78, 5) is 1.37. The topological polar surface area (TPSA) is 0 Å². The van der Waals surface area contributed by atoms with Gasteiger partial charge in [0.05, 0.1) is 6.16 Å². The first-order valence-electron chi connectivity index (χ1n) is 9.51. The molecule has 0 aliphatic rings. The van der Waals surface area contributed by atoms with Crippen molar-refractivity contribution in [1.29, 1.82) is 0 Å². The maximum Gasteiger partial charge on any atom is 0.116 e. The Labute approximate surface area is 185 Å². The summed E-state index contributed by atoms with van der Waals surface area (Å²) in [5.74, 6) is 0. The van der Waals surface area contributed by atoms with Gasteiger partial charge in [-0.15, -0.1) is 11.8 Å². The molecule has 29 heavy (non-hydrogen) atoms. The quantitative estimate of drug-likeness (QED) is 0.332. The van der Waals surface area contributed by atoms with Crippen LogP contribution >= 0.6 is 19.0 Å². The molecule has 0 heterocycles. The lowest BCUT2D eigenvalue weighted by Gasteiger charge is -2.28. The van der Waals surface area contributed by atoms with Crippen LogP contribution in [0.5, 0.6) is 0 Å². The molecule has 0 fully saturated rings. The highest BCUT2D eigenvalue weighted by Crippen LogP contribution is 2.58. The van der Waals surface area contributed by atoms with Gasteiger partial charge in [0.1, 0.15) is 23.2 Å². The van der Waals surface area contributed by atoms with Crippen molar-refractivity contribution in [3.8, 4) is 0 Å². The molecule has 146 valence electrons. The zero-order chi connectivity index (χ0) is 19.2. The molecular formula is C26H24ClPS. The van der Waals surface area contributed by atoms with E-state index >= 15 is 0 Å². The maximum atomic E-state index is 2.31. The minimum absolute atomic E-state index is 0. The molecule has 0 aromatic heterocycles. The number of thioether (sulfide) groups is 1. The summed E-state index contributed by atoms with van der Waals surface area (Å²) in [5, 5.41) is 4.30. The molecule has 3 heteroatoms. The smallest absolute Gasteiger partial charge is 0.116 e. The maximum absolute atomic E-state index is 2.31. The Bertz CT molecular complexity index is 923. The minimum Gasteiger partial charge on any atom is -1.00 e. The Morgan fingerprint density at radius 1 is 0.552 bits per heavy atom. The molecule has 0 saturated carbocycles. The average molecular weight is 435 g/mol. The van der Waals surface area contributed by atoms with E-state index in [9.17, 15) is 0 Å². The normalized spacial score (nSPS) is 10.9. The molecule has 4 rings (SSSR count). The first kappa shape index (κ1) is 21.7. The summed E-state index contributed by atoms with van der Waals surface area (Å²) in [6.45, 7) is 0. The Morgan fingerprint density at radius 2 is 0.931 bits per heavy atom. The molecule has 0 amide bonds. The largest absolute Gasteiger partial charge is 1.00 e. The molecule has 0 saturated heterocycles. The second-order valence-electron chi connectivity index (χ2n) is 6.79. The van der Waals surface area contributed by atoms with Gasteiger partial charge >= 0.3 is 0 Å². The predicted molar refractivity (Wildman–Crippen MR) is 127 cm³/mol. The zero-order valence-corrected chi connectivity index (χ0v) is 18.9. The minimum atomic E-state index is -1.83. The molecule has 0 aliphatic carbocycles. The van der Waals surface area contributed by atoms with E-state index in [-0.39, 0.29) is 12.4 Å². The van der Waals surface area contributed by atoms with Gasteiger partial charge in [0.2, 0.25) is 0 Å². The van der Waals surface area contributed by atoms with Crippen molar-refractivity contribution in [2.45, 2.75) is 11.1 Å². The van der Waals surface area contributed by atoms with Crippen molar-refractivity contribution < 1.29 is 12.4 Å². The number of halogens is 1. The molecule has 0 radical (unpaired) electrons. The molecule has 0 nitrogen and oxygen atoms in total. The van der Waals surface area contributed by atoms with Crippen LogP contribution in [0, 0.1) is 0 Å². The van der Waals surface area contributed by atoms with Crippen LogP contribution in [-0.2, 0) is 6.16 Å². The standard InChI is InChI=1S/C26H24PS.ClH/c1-28-26-20-12-11-13-22(26)21-27(23-14-5-2-6-15-23,24-16-7-3-8-17-24)25-18-9-4-10-19-25;/h2-20H,21H2,1H3;1H/q+1;/p-1. The van der Waals surface area contributed by atoms with Crippen LogP contribution in [0.3, 0.4) is 0 Å². The molecule has 4 aromatic carbocycles. The summed E-state index contributed by atoms with van der Waals surface area (Å²) < 4.78 is 0. The van der Waals surface area contributed by atoms with Crippen LogP contribution in [0.2, 0.25) is 0 Å². The molecule has 0 bridgehead atoms. The van der Waals surface area contributed by atoms with E-state index in [1.54, 1.807) is 0 Å². The van der Waals surface area contributed by atoms with Gasteiger partial charge in [-0.3, -0.25) is 0 Å². The second-order valence-corrected chi connectivity index (χ2v) is 11.1. The fourth-order valence-corrected chi connectivity index (χ4v) is 8.85. The summed E-state index contributed by atoms with van der Waals surface area (Å²) >= 11 is 1.84. The van der Waals surface area contributed by atoms with E-state index in [4.69, 9.17) is 0 Å². The van der Waals surface area contributed by atoms with Crippen LogP contribution in [0.4, 0.5) is 0 Å². The summed E-state index contributed by atoms with van der Waals surface area (Å²) in [7, 11) is -1.83. The van der Waals surface area contributed by atoms with Gasteiger partial charge < -0.3 is 12.4 Å². The van der Waals surface area contributed by atoms with Crippen LogP contribution in [0.25, 0.3) is 0 Å². The number of hydrogen-bond donors (Lipinski definition) is 0. The third-order valence-electron chi connectivity index (χ3n) is 5.19. The second kappa shape index (κ2) is 10.1. The molecule has 0 atom stereocenters. The van der Waals surface area contributed by atoms with Gasteiger partial charge in [-0.25, -0.2) is 0 Å². The number of hydrogen-bond acceptors (Lipinski definition) is 1. The van der Waals surface area contributed by atoms with Gasteiger partial charge in [0, 0.05) is 10.5 Å². The highest BCUT2D eigenvalue weighted by molar-refractivity contribution is 7.98. The van der Waals surface area contributed by atoms with Crippen molar-refractivity contribution in [3.63, 3.8) is 0 Å². The fourth-order valence-electron chi connectivity index (χ4n) is 3.86. The Hall–Kier alpha value is -2.05. The summed E-state index contributed by atoms with van der Waals surface area (Å²) in [6, 6.07) is 42.2. The van der Waals surface area contributed by atoms with Gasteiger partial charge in [0.15, 0.2) is 0 Å². The van der Waals surface area contributed by atoms with Crippen molar-refractivity contribution in [1.82, 2.24) is 0 Å². The predicted octanol–water partition coefficient (Wildman–Crippen LogP) is 2.91. The fraction of sp³-hybridized carbons (Fsp3) is 0.0769. The molecule has 0 N–H and O–H groups in total. The van der Waals surface area contributed by atoms with Gasteiger partial charge in [-0.05, 0) is 48.7 Å². The summed E-state index contributed by atoms with van der Waals surface area (Å²) in [5.41, 5.74) is 1.43. The SMILES string of the molecule is CSc1ccccc1C[P+](c1ccccc1)(c1ccccc1)c1ccccc1.[Cl-]. The van der Waals surface area contributed by atoms with Gasteiger partial charge in [-0.2, -0.15) is 0 Å². The first-order valence-corrected chi connectivity index (χ1v) is 12.7. The van der Waals surface area contributed by atoms with Crippen molar-refractivity contribution >= 4 is 34.9 Å². The Morgan fingerprint density at radius 3 is 1.34 bits per heavy atom. The number of rotatable bonds is 6. The molecule has 0 aliphatic heterocycles. The van der Waals surface area contributed by atoms with Crippen molar-refractivity contribution in [2.75, 3.05) is 6.26 Å². The van der Waals surface area contributed by atoms with Crippen LogP contribution in [0.15, 0.2) is 120 Å². The van der Waals surface area contributed by atoms with Crippen LogP contribution in [0.1, 0.15) is 5.56 Å². The molecular weight excluding hydrogens is 411 g/mol. The van der Waals surface area contributed by atoms with E-state index in [1.807, 2.05) is 11.8 Å². The van der Waals surface area contributed by atoms with Crippen molar-refractivity contribution in [3.05, 3.63) is 121 Å². The van der Waals surface area contributed by atoms with Crippen molar-refractivity contribution in [2.24, 2.45) is 0 Å². The van der Waals surface area contributed by atoms with Gasteiger partial charge in [-0.1, -0.05) is 72.8 Å². The van der Waals surface area contributed by atoms with E-state index in [0.717, 1.165) is 6.16 Å². The molecule has 0 unspecified atom stereocenters. The Kier molecular flexibility index (Phi) is 7.56. The third kappa shape index (κ3) is 4.43. The lowest BCUT2D eigenvalue weighted by molar-refractivity contribution is -0.00000545.